The Kier molecular flexibility index (Phi) is 11.6. The predicted molar refractivity (Wildman–Crippen MR) is 123 cm³/mol. The smallest absolute Gasteiger partial charge is 0.224 e. The molecule has 9 heteroatoms. The zero-order valence-electron chi connectivity index (χ0n) is 17.0. The Hall–Kier alpha value is -1.91. The number of amides is 2. The largest absolute Gasteiger partial charge is 0.357 e. The van der Waals surface area contributed by atoms with Gasteiger partial charge >= 0.3 is 0 Å². The number of hydrogen-bond donors (Lipinski definition) is 3. The Morgan fingerprint density at radius 3 is 2.59 bits per heavy atom. The van der Waals surface area contributed by atoms with Crippen molar-refractivity contribution in [1.29, 1.82) is 0 Å². The second kappa shape index (κ2) is 13.3. The number of likely N-dealkylation sites (tertiary alicyclic amines) is 1. The average Bonchev–Trinajstić information content (AvgIpc) is 3.15. The lowest BCUT2D eigenvalue weighted by Crippen LogP contribution is -2.45. The monoisotopic (exact) mass is 519 g/mol. The summed E-state index contributed by atoms with van der Waals surface area (Å²) < 4.78 is 12.9. The number of benzene rings is 1. The highest BCUT2D eigenvalue weighted by molar-refractivity contribution is 14.0. The highest BCUT2D eigenvalue weighted by Crippen LogP contribution is 2.10. The average molecular weight is 519 g/mol. The normalized spacial score (nSPS) is 16.2. The van der Waals surface area contributed by atoms with Gasteiger partial charge in [0.1, 0.15) is 5.82 Å². The second-order valence-electron chi connectivity index (χ2n) is 6.74. The van der Waals surface area contributed by atoms with E-state index in [4.69, 9.17) is 0 Å². The standard InChI is InChI=1S/C20H30FN5O2.HI/c1-3-19(28)26-12-9-17(14-26)25-20(22-4-2)24-11-10-23-18(27)13-15-5-7-16(21)8-6-15;/h5-8,17H,3-4,9-14H2,1-2H3,(H,23,27)(H2,22,24,25);1H. The van der Waals surface area contributed by atoms with Crippen molar-refractivity contribution in [3.05, 3.63) is 35.6 Å². The Bertz CT molecular complexity index is 684. The molecule has 2 amide bonds. The molecule has 1 fully saturated rings. The summed E-state index contributed by atoms with van der Waals surface area (Å²) in [4.78, 5) is 30.1. The van der Waals surface area contributed by atoms with Gasteiger partial charge in [-0.2, -0.15) is 0 Å². The highest BCUT2D eigenvalue weighted by Gasteiger charge is 2.25. The van der Waals surface area contributed by atoms with E-state index in [0.717, 1.165) is 25.1 Å². The van der Waals surface area contributed by atoms with Crippen molar-refractivity contribution < 1.29 is 14.0 Å². The summed E-state index contributed by atoms with van der Waals surface area (Å²) in [6, 6.07) is 6.09. The van der Waals surface area contributed by atoms with Crippen LogP contribution in [0, 0.1) is 5.82 Å². The molecule has 0 aromatic heterocycles. The van der Waals surface area contributed by atoms with Gasteiger partial charge in [-0.1, -0.05) is 19.1 Å². The SMILES string of the molecule is CCNC(=NCCNC(=O)Cc1ccc(F)cc1)NC1CCN(C(=O)CC)C1.I. The van der Waals surface area contributed by atoms with Gasteiger partial charge < -0.3 is 20.9 Å². The number of hydrogen-bond acceptors (Lipinski definition) is 3. The molecular weight excluding hydrogens is 488 g/mol. The van der Waals surface area contributed by atoms with Gasteiger partial charge in [0.25, 0.3) is 0 Å². The van der Waals surface area contributed by atoms with Crippen molar-refractivity contribution in [2.75, 3.05) is 32.7 Å². The Balaban J connectivity index is 0.00000420. The van der Waals surface area contributed by atoms with E-state index in [9.17, 15) is 14.0 Å². The Morgan fingerprint density at radius 1 is 1.21 bits per heavy atom. The van der Waals surface area contributed by atoms with E-state index in [2.05, 4.69) is 20.9 Å². The molecule has 1 aliphatic rings. The topological polar surface area (TPSA) is 85.8 Å². The van der Waals surface area contributed by atoms with Crippen LogP contribution >= 0.6 is 24.0 Å². The minimum atomic E-state index is -0.314. The van der Waals surface area contributed by atoms with Gasteiger partial charge in [-0.3, -0.25) is 14.6 Å². The third-order valence-electron chi connectivity index (χ3n) is 4.51. The summed E-state index contributed by atoms with van der Waals surface area (Å²) in [5.41, 5.74) is 0.768. The first-order valence-electron chi connectivity index (χ1n) is 9.85. The fourth-order valence-corrected chi connectivity index (χ4v) is 3.05. The van der Waals surface area contributed by atoms with Crippen LogP contribution in [0.1, 0.15) is 32.3 Å². The van der Waals surface area contributed by atoms with Crippen LogP contribution in [0.3, 0.4) is 0 Å². The van der Waals surface area contributed by atoms with Crippen LogP contribution in [-0.2, 0) is 16.0 Å². The zero-order chi connectivity index (χ0) is 20.4. The van der Waals surface area contributed by atoms with E-state index in [1.54, 1.807) is 12.1 Å². The van der Waals surface area contributed by atoms with Gasteiger partial charge in [-0.25, -0.2) is 4.39 Å². The van der Waals surface area contributed by atoms with E-state index >= 15 is 0 Å². The summed E-state index contributed by atoms with van der Waals surface area (Å²) in [7, 11) is 0. The van der Waals surface area contributed by atoms with E-state index in [1.165, 1.54) is 12.1 Å². The third-order valence-corrected chi connectivity index (χ3v) is 4.51. The van der Waals surface area contributed by atoms with Crippen molar-refractivity contribution in [2.24, 2.45) is 4.99 Å². The molecule has 1 atom stereocenters. The fraction of sp³-hybridized carbons (Fsp3) is 0.550. The van der Waals surface area contributed by atoms with Crippen molar-refractivity contribution in [1.82, 2.24) is 20.9 Å². The molecule has 2 rings (SSSR count). The molecule has 29 heavy (non-hydrogen) atoms. The van der Waals surface area contributed by atoms with Crippen molar-refractivity contribution >= 4 is 41.8 Å². The molecule has 0 radical (unpaired) electrons. The molecule has 7 nitrogen and oxygen atoms in total. The molecule has 0 bridgehead atoms. The quantitative estimate of drug-likeness (QED) is 0.211. The third kappa shape index (κ3) is 8.97. The molecular formula is C20H31FIN5O2. The van der Waals surface area contributed by atoms with Gasteiger partial charge in [0.05, 0.1) is 13.0 Å². The number of guanidine groups is 1. The highest BCUT2D eigenvalue weighted by atomic mass is 127. The maximum Gasteiger partial charge on any atom is 0.224 e. The van der Waals surface area contributed by atoms with E-state index < -0.39 is 0 Å². The van der Waals surface area contributed by atoms with Crippen LogP contribution in [0.15, 0.2) is 29.3 Å². The van der Waals surface area contributed by atoms with E-state index in [1.807, 2.05) is 18.7 Å². The van der Waals surface area contributed by atoms with Gasteiger partial charge in [0, 0.05) is 38.6 Å². The number of halogens is 2. The fourth-order valence-electron chi connectivity index (χ4n) is 3.05. The minimum Gasteiger partial charge on any atom is -0.357 e. The van der Waals surface area contributed by atoms with Crippen LogP contribution < -0.4 is 16.0 Å². The number of nitrogens with one attached hydrogen (secondary N) is 3. The van der Waals surface area contributed by atoms with Crippen LogP contribution in [0.25, 0.3) is 0 Å². The summed E-state index contributed by atoms with van der Waals surface area (Å²) in [6.07, 6.45) is 1.63. The summed E-state index contributed by atoms with van der Waals surface area (Å²) in [5, 5.41) is 9.36. The summed E-state index contributed by atoms with van der Waals surface area (Å²) >= 11 is 0. The molecule has 1 aliphatic heterocycles. The van der Waals surface area contributed by atoms with Crippen molar-refractivity contribution in [3.8, 4) is 0 Å². The lowest BCUT2D eigenvalue weighted by atomic mass is 10.1. The molecule has 0 saturated carbocycles. The van der Waals surface area contributed by atoms with Gasteiger partial charge in [-0.05, 0) is 31.0 Å². The van der Waals surface area contributed by atoms with Gasteiger partial charge in [0.15, 0.2) is 5.96 Å². The minimum absolute atomic E-state index is 0. The predicted octanol–water partition coefficient (Wildman–Crippen LogP) is 1.67. The number of nitrogens with zero attached hydrogens (tertiary/aromatic N) is 2. The molecule has 0 aliphatic carbocycles. The van der Waals surface area contributed by atoms with E-state index in [-0.39, 0.29) is 54.1 Å². The molecule has 3 N–H and O–H groups in total. The molecule has 1 aromatic carbocycles. The lowest BCUT2D eigenvalue weighted by Gasteiger charge is -2.18. The maximum absolute atomic E-state index is 12.9. The first kappa shape index (κ1) is 25.1. The van der Waals surface area contributed by atoms with Crippen molar-refractivity contribution in [3.63, 3.8) is 0 Å². The van der Waals surface area contributed by atoms with E-state index in [0.29, 0.717) is 32.0 Å². The first-order chi connectivity index (χ1) is 13.5. The maximum atomic E-state index is 12.9. The van der Waals surface area contributed by atoms with Crippen LogP contribution in [0.2, 0.25) is 0 Å². The van der Waals surface area contributed by atoms with Gasteiger partial charge in [-0.15, -0.1) is 24.0 Å². The Labute approximate surface area is 188 Å². The summed E-state index contributed by atoms with van der Waals surface area (Å²) in [6.45, 7) is 6.90. The van der Waals surface area contributed by atoms with Crippen LogP contribution in [0.4, 0.5) is 4.39 Å². The van der Waals surface area contributed by atoms with Crippen LogP contribution in [0.5, 0.6) is 0 Å². The number of carbonyl (C=O) groups is 2. The molecule has 162 valence electrons. The molecule has 1 saturated heterocycles. The second-order valence-corrected chi connectivity index (χ2v) is 6.74. The lowest BCUT2D eigenvalue weighted by molar-refractivity contribution is -0.129. The Morgan fingerprint density at radius 2 is 1.93 bits per heavy atom. The number of aliphatic imine (C=N–C) groups is 1. The van der Waals surface area contributed by atoms with Crippen molar-refractivity contribution in [2.45, 2.75) is 39.2 Å². The number of rotatable bonds is 8. The van der Waals surface area contributed by atoms with Gasteiger partial charge in [0.2, 0.25) is 11.8 Å². The molecule has 0 spiro atoms. The molecule has 1 heterocycles. The first-order valence-corrected chi connectivity index (χ1v) is 9.85. The zero-order valence-corrected chi connectivity index (χ0v) is 19.4. The molecule has 1 unspecified atom stereocenters. The number of carbonyl (C=O) groups excluding carboxylic acids is 2. The van der Waals surface area contributed by atoms with Crippen LogP contribution in [-0.4, -0.2) is 61.4 Å². The molecule has 1 aromatic rings. The summed E-state index contributed by atoms with van der Waals surface area (Å²) in [5.74, 6) is 0.428.